The van der Waals surface area contributed by atoms with Crippen molar-refractivity contribution in [3.63, 3.8) is 0 Å². The molecule has 2 aromatic carbocycles. The Morgan fingerprint density at radius 2 is 1.71 bits per heavy atom. The van der Waals surface area contributed by atoms with E-state index in [9.17, 15) is 9.59 Å². The van der Waals surface area contributed by atoms with Crippen LogP contribution in [0.4, 0.5) is 0 Å². The molecule has 0 aromatic heterocycles. The number of nitrogens with one attached hydrogen (secondary N) is 2. The minimum Gasteiger partial charge on any atom is -0.496 e. The first-order valence-corrected chi connectivity index (χ1v) is 11.0. The molecule has 6 heteroatoms. The molecule has 31 heavy (non-hydrogen) atoms. The van der Waals surface area contributed by atoms with Gasteiger partial charge in [-0.3, -0.25) is 9.59 Å². The van der Waals surface area contributed by atoms with Gasteiger partial charge in [-0.05, 0) is 30.5 Å². The maximum atomic E-state index is 13.3. The van der Waals surface area contributed by atoms with E-state index in [2.05, 4.69) is 36.5 Å². The Labute approximate surface area is 185 Å². The van der Waals surface area contributed by atoms with E-state index in [0.29, 0.717) is 24.4 Å². The third kappa shape index (κ3) is 5.64. The fourth-order valence-electron chi connectivity index (χ4n) is 4.06. The van der Waals surface area contributed by atoms with E-state index in [1.54, 1.807) is 18.2 Å². The molecular weight excluding hydrogens is 390 g/mol. The number of nitrogens with zero attached hydrogens (tertiary/aromatic N) is 1. The van der Waals surface area contributed by atoms with Gasteiger partial charge in [-0.25, -0.2) is 0 Å². The number of methoxy groups -OCH3 is 1. The van der Waals surface area contributed by atoms with Gasteiger partial charge in [0.25, 0.3) is 5.91 Å². The van der Waals surface area contributed by atoms with Crippen LogP contribution in [-0.4, -0.2) is 56.0 Å². The van der Waals surface area contributed by atoms with Gasteiger partial charge in [0.2, 0.25) is 5.91 Å². The van der Waals surface area contributed by atoms with Crippen molar-refractivity contribution in [1.29, 1.82) is 0 Å². The number of carbonyl (C=O) groups excluding carboxylic acids is 2. The Morgan fingerprint density at radius 1 is 1.06 bits per heavy atom. The molecule has 0 spiro atoms. The first kappa shape index (κ1) is 22.8. The Hall–Kier alpha value is -2.86. The highest BCUT2D eigenvalue weighted by Crippen LogP contribution is 2.18. The fraction of sp³-hybridized carbons (Fsp3) is 0.440. The molecule has 0 aliphatic carbocycles. The Bertz CT molecular complexity index is 904. The molecule has 1 fully saturated rings. The summed E-state index contributed by atoms with van der Waals surface area (Å²) in [6.45, 7) is 10.3. The maximum Gasteiger partial charge on any atom is 0.255 e. The number of hydrogen-bond donors (Lipinski definition) is 2. The number of amides is 2. The Kier molecular flexibility index (Phi) is 7.69. The summed E-state index contributed by atoms with van der Waals surface area (Å²) in [5, 5.41) is 2.95. The monoisotopic (exact) mass is 424 g/mol. The summed E-state index contributed by atoms with van der Waals surface area (Å²) in [4.78, 5) is 29.5. The second kappa shape index (κ2) is 10.4. The maximum absolute atomic E-state index is 13.3. The Morgan fingerprint density at radius 3 is 2.35 bits per heavy atom. The van der Waals surface area contributed by atoms with Crippen molar-refractivity contribution in [2.45, 2.75) is 33.4 Å². The first-order valence-electron chi connectivity index (χ1n) is 11.0. The summed E-state index contributed by atoms with van der Waals surface area (Å²) >= 11 is 0. The normalized spacial score (nSPS) is 15.6. The van der Waals surface area contributed by atoms with Crippen molar-refractivity contribution in [2.24, 2.45) is 5.92 Å². The topological polar surface area (TPSA) is 63.1 Å². The van der Waals surface area contributed by atoms with Crippen LogP contribution in [-0.2, 0) is 11.3 Å². The van der Waals surface area contributed by atoms with Gasteiger partial charge in [-0.2, -0.15) is 0 Å². The highest BCUT2D eigenvalue weighted by atomic mass is 16.5. The number of quaternary nitrogens is 1. The lowest BCUT2D eigenvalue weighted by Crippen LogP contribution is -3.13. The van der Waals surface area contributed by atoms with Crippen LogP contribution in [0, 0.1) is 12.8 Å². The molecule has 0 bridgehead atoms. The summed E-state index contributed by atoms with van der Waals surface area (Å²) < 4.78 is 5.30. The number of aryl methyl sites for hydroxylation is 1. The number of hydrogen-bond acceptors (Lipinski definition) is 3. The van der Waals surface area contributed by atoms with Crippen molar-refractivity contribution in [3.8, 4) is 5.75 Å². The van der Waals surface area contributed by atoms with Crippen molar-refractivity contribution in [2.75, 3.05) is 33.3 Å². The lowest BCUT2D eigenvalue weighted by molar-refractivity contribution is -0.917. The number of piperazine rings is 1. The summed E-state index contributed by atoms with van der Waals surface area (Å²) in [5.41, 5.74) is 3.12. The van der Waals surface area contributed by atoms with Crippen LogP contribution >= 0.6 is 0 Å². The number of para-hydroxylation sites is 1. The van der Waals surface area contributed by atoms with Crippen molar-refractivity contribution < 1.29 is 19.2 Å². The largest absolute Gasteiger partial charge is 0.496 e. The molecule has 2 aromatic rings. The van der Waals surface area contributed by atoms with Crippen LogP contribution in [0.5, 0.6) is 5.75 Å². The van der Waals surface area contributed by atoms with E-state index in [4.69, 9.17) is 4.74 Å². The third-order valence-corrected chi connectivity index (χ3v) is 6.05. The molecule has 1 aliphatic rings. The smallest absolute Gasteiger partial charge is 0.255 e. The zero-order valence-corrected chi connectivity index (χ0v) is 19.0. The average Bonchev–Trinajstić information content (AvgIpc) is 2.78. The number of ether oxygens (including phenoxy) is 1. The summed E-state index contributed by atoms with van der Waals surface area (Å²) in [7, 11) is 1.54. The molecule has 2 amide bonds. The first-order chi connectivity index (χ1) is 14.9. The van der Waals surface area contributed by atoms with Gasteiger partial charge >= 0.3 is 0 Å². The SMILES string of the molecule is COc1ccccc1C(=O)N[C@H](C(=O)N1CC[NH+](Cc2ccccc2C)CC1)C(C)C. The highest BCUT2D eigenvalue weighted by Gasteiger charge is 2.32. The van der Waals surface area contributed by atoms with Gasteiger partial charge in [0.1, 0.15) is 18.3 Å². The van der Waals surface area contributed by atoms with Crippen LogP contribution < -0.4 is 15.0 Å². The lowest BCUT2D eigenvalue weighted by Gasteiger charge is -2.35. The summed E-state index contributed by atoms with van der Waals surface area (Å²) in [6, 6.07) is 15.0. The number of rotatable bonds is 7. The molecule has 1 aliphatic heterocycles. The molecule has 166 valence electrons. The van der Waals surface area contributed by atoms with Gasteiger partial charge < -0.3 is 19.9 Å². The van der Waals surface area contributed by atoms with Crippen LogP contribution in [0.3, 0.4) is 0 Å². The molecule has 1 saturated heterocycles. The fourth-order valence-corrected chi connectivity index (χ4v) is 4.06. The summed E-state index contributed by atoms with van der Waals surface area (Å²) in [6.07, 6.45) is 0. The Balaban J connectivity index is 1.61. The van der Waals surface area contributed by atoms with Gasteiger partial charge in [0, 0.05) is 5.56 Å². The van der Waals surface area contributed by atoms with E-state index in [0.717, 1.165) is 19.6 Å². The van der Waals surface area contributed by atoms with E-state index in [1.807, 2.05) is 24.8 Å². The second-order valence-corrected chi connectivity index (χ2v) is 8.57. The molecule has 0 unspecified atom stereocenters. The summed E-state index contributed by atoms with van der Waals surface area (Å²) in [5.74, 6) is 0.202. The molecular formula is C25H34N3O3+. The molecule has 1 atom stereocenters. The molecule has 6 nitrogen and oxygen atoms in total. The van der Waals surface area contributed by atoms with E-state index in [-0.39, 0.29) is 17.7 Å². The molecule has 1 heterocycles. The highest BCUT2D eigenvalue weighted by molar-refractivity contribution is 5.99. The minimum atomic E-state index is -0.560. The van der Waals surface area contributed by atoms with Gasteiger partial charge in [0.05, 0.1) is 38.9 Å². The molecule has 0 radical (unpaired) electrons. The van der Waals surface area contributed by atoms with E-state index in [1.165, 1.54) is 23.1 Å². The van der Waals surface area contributed by atoms with Crippen LogP contribution in [0.1, 0.15) is 35.3 Å². The van der Waals surface area contributed by atoms with E-state index >= 15 is 0 Å². The van der Waals surface area contributed by atoms with Crippen LogP contribution in [0.25, 0.3) is 0 Å². The molecule has 0 saturated carbocycles. The predicted molar refractivity (Wildman–Crippen MR) is 121 cm³/mol. The molecule has 2 N–H and O–H groups in total. The molecule has 3 rings (SSSR count). The number of benzene rings is 2. The van der Waals surface area contributed by atoms with Gasteiger partial charge in [-0.1, -0.05) is 50.2 Å². The quantitative estimate of drug-likeness (QED) is 0.711. The van der Waals surface area contributed by atoms with Crippen molar-refractivity contribution in [1.82, 2.24) is 10.2 Å². The average molecular weight is 425 g/mol. The van der Waals surface area contributed by atoms with Gasteiger partial charge in [0.15, 0.2) is 0 Å². The van der Waals surface area contributed by atoms with Gasteiger partial charge in [-0.15, -0.1) is 0 Å². The van der Waals surface area contributed by atoms with Crippen LogP contribution in [0.15, 0.2) is 48.5 Å². The minimum absolute atomic E-state index is 0.00631. The van der Waals surface area contributed by atoms with Crippen molar-refractivity contribution >= 4 is 11.8 Å². The standard InChI is InChI=1S/C25H33N3O3/c1-18(2)23(26-24(29)21-11-7-8-12-22(21)31-4)25(30)28-15-13-27(14-16-28)17-20-10-6-5-9-19(20)3/h5-12,18,23H,13-17H2,1-4H3,(H,26,29)/p+1/t23-/m0/s1. The van der Waals surface area contributed by atoms with Crippen molar-refractivity contribution in [3.05, 3.63) is 65.2 Å². The third-order valence-electron chi connectivity index (χ3n) is 6.05. The van der Waals surface area contributed by atoms with E-state index < -0.39 is 6.04 Å². The van der Waals surface area contributed by atoms with Crippen LogP contribution in [0.2, 0.25) is 0 Å². The lowest BCUT2D eigenvalue weighted by atomic mass is 10.0. The zero-order valence-electron chi connectivity index (χ0n) is 19.0. The zero-order chi connectivity index (χ0) is 22.4. The second-order valence-electron chi connectivity index (χ2n) is 8.57. The number of carbonyl (C=O) groups is 2. The predicted octanol–water partition coefficient (Wildman–Crippen LogP) is 1.69.